The number of benzene rings is 1. The van der Waals surface area contributed by atoms with Gasteiger partial charge in [-0.3, -0.25) is 4.79 Å². The minimum Gasteiger partial charge on any atom is -0.387 e. The number of rotatable bonds is 6. The minimum atomic E-state index is -1.02. The van der Waals surface area contributed by atoms with Crippen LogP contribution >= 0.6 is 0 Å². The molecule has 5 nitrogen and oxygen atoms in total. The predicted molar refractivity (Wildman–Crippen MR) is 85.1 cm³/mol. The van der Waals surface area contributed by atoms with Crippen LogP contribution in [0.1, 0.15) is 38.9 Å². The summed E-state index contributed by atoms with van der Waals surface area (Å²) in [5.41, 5.74) is 5.31. The van der Waals surface area contributed by atoms with E-state index < -0.39 is 17.1 Å². The van der Waals surface area contributed by atoms with Crippen molar-refractivity contribution in [2.75, 3.05) is 13.2 Å². The highest BCUT2D eigenvalue weighted by Gasteiger charge is 2.62. The number of carbonyl (C=O) groups is 1. The summed E-state index contributed by atoms with van der Waals surface area (Å²) in [5.74, 6) is -0.677. The summed E-state index contributed by atoms with van der Waals surface area (Å²) in [6.07, 6.45) is -0.508. The lowest BCUT2D eigenvalue weighted by molar-refractivity contribution is -0.170. The first-order valence-electron chi connectivity index (χ1n) is 7.84. The first-order valence-corrected chi connectivity index (χ1v) is 7.84. The van der Waals surface area contributed by atoms with Crippen LogP contribution in [0.2, 0.25) is 0 Å². The third-order valence-corrected chi connectivity index (χ3v) is 4.95. The quantitative estimate of drug-likeness (QED) is 0.740. The maximum absolute atomic E-state index is 12.9. The Labute approximate surface area is 136 Å². The van der Waals surface area contributed by atoms with Crippen LogP contribution in [0, 0.1) is 11.2 Å². The maximum atomic E-state index is 12.9. The Morgan fingerprint density at radius 3 is 2.61 bits per heavy atom. The Balaban J connectivity index is 1.93. The van der Waals surface area contributed by atoms with Crippen molar-refractivity contribution in [2.45, 2.75) is 44.9 Å². The third kappa shape index (κ3) is 3.24. The number of nitrogens with one attached hydrogen (secondary N) is 1. The van der Waals surface area contributed by atoms with Gasteiger partial charge >= 0.3 is 0 Å². The molecule has 0 aromatic heterocycles. The molecule has 1 saturated carbocycles. The van der Waals surface area contributed by atoms with Crippen molar-refractivity contribution in [3.8, 4) is 0 Å². The van der Waals surface area contributed by atoms with Crippen LogP contribution in [0.5, 0.6) is 0 Å². The number of halogens is 1. The summed E-state index contributed by atoms with van der Waals surface area (Å²) in [6, 6.07) is 5.52. The third-order valence-electron chi connectivity index (χ3n) is 4.95. The fraction of sp³-hybridized carbons (Fsp3) is 0.588. The number of aliphatic hydroxyl groups excluding tert-OH is 1. The van der Waals surface area contributed by atoms with Crippen molar-refractivity contribution in [1.82, 2.24) is 5.32 Å². The molecule has 6 heteroatoms. The van der Waals surface area contributed by atoms with Gasteiger partial charge in [0, 0.05) is 25.0 Å². The molecule has 1 aliphatic carbocycles. The van der Waals surface area contributed by atoms with Crippen LogP contribution in [0.25, 0.3) is 0 Å². The van der Waals surface area contributed by atoms with E-state index in [0.717, 1.165) is 0 Å². The number of amides is 1. The summed E-state index contributed by atoms with van der Waals surface area (Å²) in [7, 11) is 0. The van der Waals surface area contributed by atoms with E-state index in [9.17, 15) is 14.3 Å². The van der Waals surface area contributed by atoms with E-state index in [1.807, 2.05) is 20.8 Å². The molecule has 0 bridgehead atoms. The fourth-order valence-corrected chi connectivity index (χ4v) is 2.97. The summed E-state index contributed by atoms with van der Waals surface area (Å²) >= 11 is 0. The molecule has 1 aromatic rings. The van der Waals surface area contributed by atoms with Crippen molar-refractivity contribution >= 4 is 5.91 Å². The lowest BCUT2D eigenvalue weighted by atomic mass is 9.54. The van der Waals surface area contributed by atoms with Crippen LogP contribution < -0.4 is 11.1 Å². The molecule has 1 aliphatic rings. The molecule has 3 unspecified atom stereocenters. The second-order valence-corrected chi connectivity index (χ2v) is 6.62. The van der Waals surface area contributed by atoms with Gasteiger partial charge in [0.05, 0.1) is 12.2 Å². The highest BCUT2D eigenvalue weighted by molar-refractivity contribution is 5.88. The summed E-state index contributed by atoms with van der Waals surface area (Å²) in [6.45, 7) is 6.33. The van der Waals surface area contributed by atoms with Gasteiger partial charge in [0.25, 0.3) is 0 Å². The number of hydrogen-bond acceptors (Lipinski definition) is 4. The first kappa shape index (κ1) is 17.8. The zero-order valence-electron chi connectivity index (χ0n) is 13.8. The number of nitrogens with two attached hydrogens (primary N) is 1. The number of carbonyl (C=O) groups excluding carboxylic acids is 1. The monoisotopic (exact) mass is 324 g/mol. The van der Waals surface area contributed by atoms with Gasteiger partial charge in [-0.15, -0.1) is 0 Å². The minimum absolute atomic E-state index is 0.0266. The molecule has 1 amide bonds. The van der Waals surface area contributed by atoms with E-state index in [-0.39, 0.29) is 24.4 Å². The largest absolute Gasteiger partial charge is 0.387 e. The molecule has 0 heterocycles. The van der Waals surface area contributed by atoms with Gasteiger partial charge in [0.1, 0.15) is 11.4 Å². The summed E-state index contributed by atoms with van der Waals surface area (Å²) in [4.78, 5) is 12.4. The molecule has 1 fully saturated rings. The Kier molecular flexibility index (Phi) is 5.08. The number of aliphatic hydroxyl groups is 1. The molecule has 0 saturated heterocycles. The van der Waals surface area contributed by atoms with Gasteiger partial charge < -0.3 is 20.9 Å². The molecule has 1 aromatic carbocycles. The molecule has 0 spiro atoms. The number of ether oxygens (including phenoxy) is 1. The van der Waals surface area contributed by atoms with Crippen LogP contribution in [0.4, 0.5) is 4.39 Å². The van der Waals surface area contributed by atoms with E-state index in [1.54, 1.807) is 0 Å². The van der Waals surface area contributed by atoms with Crippen LogP contribution in [-0.2, 0) is 9.53 Å². The molecular formula is C17H25FN2O3. The van der Waals surface area contributed by atoms with Crippen molar-refractivity contribution in [3.63, 3.8) is 0 Å². The Bertz CT molecular complexity index is 561. The lowest BCUT2D eigenvalue weighted by Crippen LogP contribution is -2.75. The van der Waals surface area contributed by atoms with E-state index in [0.29, 0.717) is 18.6 Å². The normalized spacial score (nSPS) is 27.1. The van der Waals surface area contributed by atoms with Crippen LogP contribution in [0.15, 0.2) is 24.3 Å². The van der Waals surface area contributed by atoms with Gasteiger partial charge in [-0.1, -0.05) is 26.0 Å². The second-order valence-electron chi connectivity index (χ2n) is 6.62. The van der Waals surface area contributed by atoms with Crippen LogP contribution in [-0.4, -0.2) is 35.8 Å². The second kappa shape index (κ2) is 6.55. The van der Waals surface area contributed by atoms with Crippen molar-refractivity contribution in [3.05, 3.63) is 35.6 Å². The van der Waals surface area contributed by atoms with Crippen LogP contribution in [0.3, 0.4) is 0 Å². The SMILES string of the molecule is CCOC1CC(N)(C(=O)NCC(O)c2ccc(F)cc2)C1(C)C. The highest BCUT2D eigenvalue weighted by Crippen LogP contribution is 2.49. The van der Waals surface area contributed by atoms with E-state index in [2.05, 4.69) is 5.32 Å². The molecule has 2 rings (SSSR count). The fourth-order valence-electron chi connectivity index (χ4n) is 2.97. The molecule has 3 atom stereocenters. The number of hydrogen-bond donors (Lipinski definition) is 3. The summed E-state index contributed by atoms with van der Waals surface area (Å²) < 4.78 is 18.5. The average molecular weight is 324 g/mol. The molecule has 23 heavy (non-hydrogen) atoms. The molecule has 4 N–H and O–H groups in total. The zero-order valence-corrected chi connectivity index (χ0v) is 13.8. The standard InChI is InChI=1S/C17H25FN2O3/c1-4-23-14-9-17(19,16(14,2)3)15(22)20-10-13(21)11-5-7-12(18)8-6-11/h5-8,13-14,21H,4,9-10,19H2,1-3H3,(H,20,22). The van der Waals surface area contributed by atoms with Gasteiger partial charge in [0.15, 0.2) is 0 Å². The zero-order chi connectivity index (χ0) is 17.3. The average Bonchev–Trinajstić information content (AvgIpc) is 2.52. The van der Waals surface area contributed by atoms with Crippen molar-refractivity contribution < 1.29 is 19.0 Å². The smallest absolute Gasteiger partial charge is 0.240 e. The Morgan fingerprint density at radius 2 is 2.09 bits per heavy atom. The molecule has 128 valence electrons. The summed E-state index contributed by atoms with van der Waals surface area (Å²) in [5, 5.41) is 12.8. The molecule has 0 aliphatic heterocycles. The van der Waals surface area contributed by atoms with E-state index in [1.165, 1.54) is 24.3 Å². The van der Waals surface area contributed by atoms with Gasteiger partial charge in [-0.2, -0.15) is 0 Å². The van der Waals surface area contributed by atoms with Gasteiger partial charge in [0.2, 0.25) is 5.91 Å². The van der Waals surface area contributed by atoms with Crippen molar-refractivity contribution in [2.24, 2.45) is 11.1 Å². The topological polar surface area (TPSA) is 84.6 Å². The molecular weight excluding hydrogens is 299 g/mol. The van der Waals surface area contributed by atoms with E-state index >= 15 is 0 Å². The Morgan fingerprint density at radius 1 is 1.48 bits per heavy atom. The van der Waals surface area contributed by atoms with E-state index in [4.69, 9.17) is 10.5 Å². The van der Waals surface area contributed by atoms with Crippen molar-refractivity contribution in [1.29, 1.82) is 0 Å². The highest BCUT2D eigenvalue weighted by atomic mass is 19.1. The van der Waals surface area contributed by atoms with Gasteiger partial charge in [-0.05, 0) is 24.6 Å². The van der Waals surface area contributed by atoms with Gasteiger partial charge in [-0.25, -0.2) is 4.39 Å². The molecule has 0 radical (unpaired) electrons. The lowest BCUT2D eigenvalue weighted by Gasteiger charge is -2.57. The predicted octanol–water partition coefficient (Wildman–Crippen LogP) is 1.51. The maximum Gasteiger partial charge on any atom is 0.240 e. The first-order chi connectivity index (χ1) is 10.7. The Hall–Kier alpha value is -1.50.